The molecule has 0 N–H and O–H groups in total. The molecule has 0 atom stereocenters. The van der Waals surface area contributed by atoms with E-state index in [-0.39, 0.29) is 17.7 Å². The van der Waals surface area contributed by atoms with Crippen molar-refractivity contribution in [2.45, 2.75) is 38.1 Å². The average Bonchev–Trinajstić information content (AvgIpc) is 3.02. The number of nitrogens with zero attached hydrogens (tertiary/aromatic N) is 3. The van der Waals surface area contributed by atoms with Crippen LogP contribution in [0, 0.1) is 11.0 Å². The Labute approximate surface area is 145 Å². The van der Waals surface area contributed by atoms with Crippen molar-refractivity contribution in [1.29, 1.82) is 0 Å². The standard InChI is InChI=1S/C19H20FN3O2/c1-25-19-17-16(11-12-22(19)24)21-18(14-9-5-6-10-15(14)20)23(17)13-7-3-2-4-8-13/h5-6,9-13H,2-4,7-8H2,1H3. The summed E-state index contributed by atoms with van der Waals surface area (Å²) in [6.45, 7) is 0. The summed E-state index contributed by atoms with van der Waals surface area (Å²) in [6, 6.07) is 8.48. The molecular weight excluding hydrogens is 321 g/mol. The highest BCUT2D eigenvalue weighted by Crippen LogP contribution is 2.38. The van der Waals surface area contributed by atoms with Crippen LogP contribution < -0.4 is 9.47 Å². The van der Waals surface area contributed by atoms with Gasteiger partial charge >= 0.3 is 5.88 Å². The first-order valence-electron chi connectivity index (χ1n) is 8.63. The van der Waals surface area contributed by atoms with Crippen molar-refractivity contribution >= 4 is 11.0 Å². The molecule has 0 saturated heterocycles. The van der Waals surface area contributed by atoms with Gasteiger partial charge in [-0.15, -0.1) is 4.73 Å². The first kappa shape index (κ1) is 15.9. The molecule has 1 aliphatic carbocycles. The fourth-order valence-electron chi connectivity index (χ4n) is 3.80. The predicted molar refractivity (Wildman–Crippen MR) is 92.8 cm³/mol. The van der Waals surface area contributed by atoms with E-state index in [0.29, 0.717) is 27.2 Å². The molecule has 4 rings (SSSR count). The Hall–Kier alpha value is -2.63. The lowest BCUT2D eigenvalue weighted by Gasteiger charge is -2.25. The molecule has 2 aromatic heterocycles. The third kappa shape index (κ3) is 2.62. The van der Waals surface area contributed by atoms with Gasteiger partial charge in [0.1, 0.15) is 17.2 Å². The molecule has 0 radical (unpaired) electrons. The van der Waals surface area contributed by atoms with Crippen LogP contribution in [0.25, 0.3) is 22.4 Å². The first-order chi connectivity index (χ1) is 12.2. The third-order valence-corrected chi connectivity index (χ3v) is 4.96. The number of halogens is 1. The Morgan fingerprint density at radius 3 is 2.68 bits per heavy atom. The molecule has 0 unspecified atom stereocenters. The molecule has 1 saturated carbocycles. The average molecular weight is 341 g/mol. The topological polar surface area (TPSA) is 54.0 Å². The maximum Gasteiger partial charge on any atom is 0.406 e. The number of pyridine rings is 1. The zero-order chi connectivity index (χ0) is 17.4. The number of fused-ring (bicyclic) bond motifs is 1. The summed E-state index contributed by atoms with van der Waals surface area (Å²) in [5.74, 6) is 0.450. The summed E-state index contributed by atoms with van der Waals surface area (Å²) in [5, 5.41) is 12.2. The first-order valence-corrected chi connectivity index (χ1v) is 8.63. The Kier molecular flexibility index (Phi) is 4.03. The minimum absolute atomic E-state index is 0.185. The summed E-state index contributed by atoms with van der Waals surface area (Å²) in [5.41, 5.74) is 1.74. The van der Waals surface area contributed by atoms with Crippen molar-refractivity contribution in [2.24, 2.45) is 0 Å². The fraction of sp³-hybridized carbons (Fsp3) is 0.368. The molecule has 0 aliphatic heterocycles. The molecule has 0 spiro atoms. The van der Waals surface area contributed by atoms with Gasteiger partial charge in [-0.05, 0) is 25.0 Å². The van der Waals surface area contributed by atoms with Crippen molar-refractivity contribution in [3.05, 3.63) is 47.6 Å². The molecule has 130 valence electrons. The van der Waals surface area contributed by atoms with Crippen molar-refractivity contribution in [1.82, 2.24) is 9.55 Å². The highest BCUT2D eigenvalue weighted by Gasteiger charge is 2.28. The minimum Gasteiger partial charge on any atom is -0.616 e. The van der Waals surface area contributed by atoms with E-state index in [1.165, 1.54) is 25.8 Å². The van der Waals surface area contributed by atoms with Crippen LogP contribution >= 0.6 is 0 Å². The Bertz CT molecular complexity index is 916. The maximum atomic E-state index is 14.5. The molecule has 6 heteroatoms. The van der Waals surface area contributed by atoms with Crippen LogP contribution in [0.4, 0.5) is 4.39 Å². The summed E-state index contributed by atoms with van der Waals surface area (Å²) < 4.78 is 22.5. The van der Waals surface area contributed by atoms with E-state index in [1.54, 1.807) is 24.3 Å². The lowest BCUT2D eigenvalue weighted by atomic mass is 9.95. The number of methoxy groups -OCH3 is 1. The monoisotopic (exact) mass is 341 g/mol. The van der Waals surface area contributed by atoms with E-state index in [9.17, 15) is 9.60 Å². The van der Waals surface area contributed by atoms with Gasteiger partial charge in [-0.25, -0.2) is 9.37 Å². The lowest BCUT2D eigenvalue weighted by Crippen LogP contribution is -2.28. The molecule has 25 heavy (non-hydrogen) atoms. The van der Waals surface area contributed by atoms with Crippen molar-refractivity contribution in [3.63, 3.8) is 0 Å². The van der Waals surface area contributed by atoms with E-state index in [1.807, 2.05) is 4.57 Å². The summed E-state index contributed by atoms with van der Waals surface area (Å²) >= 11 is 0. The summed E-state index contributed by atoms with van der Waals surface area (Å²) in [7, 11) is 1.48. The normalized spacial score (nSPS) is 15.6. The molecule has 1 fully saturated rings. The van der Waals surface area contributed by atoms with Crippen LogP contribution in [-0.4, -0.2) is 16.7 Å². The van der Waals surface area contributed by atoms with E-state index in [2.05, 4.69) is 4.98 Å². The second kappa shape index (κ2) is 6.35. The van der Waals surface area contributed by atoms with Crippen LogP contribution in [0.5, 0.6) is 5.88 Å². The molecule has 2 heterocycles. The Morgan fingerprint density at radius 2 is 1.96 bits per heavy atom. The molecule has 1 aliphatic rings. The van der Waals surface area contributed by atoms with Gasteiger partial charge in [0.05, 0.1) is 12.7 Å². The Morgan fingerprint density at radius 1 is 1.20 bits per heavy atom. The smallest absolute Gasteiger partial charge is 0.406 e. The number of rotatable bonds is 3. The van der Waals surface area contributed by atoms with Crippen molar-refractivity contribution < 1.29 is 13.9 Å². The second-order valence-corrected chi connectivity index (χ2v) is 6.46. The minimum atomic E-state index is -0.316. The predicted octanol–water partition coefficient (Wildman–Crippen LogP) is 3.99. The molecule has 3 aromatic rings. The molecule has 1 aromatic carbocycles. The summed E-state index contributed by atoms with van der Waals surface area (Å²) in [6.07, 6.45) is 6.80. The van der Waals surface area contributed by atoms with Gasteiger partial charge in [-0.3, -0.25) is 0 Å². The zero-order valence-electron chi connectivity index (χ0n) is 14.1. The molecule has 5 nitrogen and oxygen atoms in total. The van der Waals surface area contributed by atoms with Gasteiger partial charge in [0, 0.05) is 12.1 Å². The Balaban J connectivity index is 2.03. The van der Waals surface area contributed by atoms with E-state index < -0.39 is 0 Å². The molecule has 0 bridgehead atoms. The van der Waals surface area contributed by atoms with E-state index in [4.69, 9.17) is 4.74 Å². The van der Waals surface area contributed by atoms with Crippen LogP contribution in [0.15, 0.2) is 36.5 Å². The van der Waals surface area contributed by atoms with Crippen LogP contribution in [0.1, 0.15) is 38.1 Å². The number of aromatic nitrogens is 3. The fourth-order valence-corrected chi connectivity index (χ4v) is 3.80. The van der Waals surface area contributed by atoms with Gasteiger partial charge < -0.3 is 14.5 Å². The highest BCUT2D eigenvalue weighted by molar-refractivity contribution is 5.84. The SMILES string of the molecule is COc1c2c(cc[n+]1[O-])nc(-c1ccccc1F)n2C1CCCCC1. The van der Waals surface area contributed by atoms with Gasteiger partial charge in [0.25, 0.3) is 0 Å². The van der Waals surface area contributed by atoms with E-state index >= 15 is 0 Å². The van der Waals surface area contributed by atoms with Crippen molar-refractivity contribution in [3.8, 4) is 17.3 Å². The van der Waals surface area contributed by atoms with Crippen LogP contribution in [-0.2, 0) is 0 Å². The zero-order valence-corrected chi connectivity index (χ0v) is 14.1. The maximum absolute atomic E-state index is 14.5. The quantitative estimate of drug-likeness (QED) is 0.535. The summed E-state index contributed by atoms with van der Waals surface area (Å²) in [4.78, 5) is 4.66. The van der Waals surface area contributed by atoms with Gasteiger partial charge in [-0.2, -0.15) is 0 Å². The number of ether oxygens (including phenoxy) is 1. The number of imidazole rings is 1. The number of hydrogen-bond acceptors (Lipinski definition) is 3. The van der Waals surface area contributed by atoms with Gasteiger partial charge in [0.15, 0.2) is 11.7 Å². The molecular formula is C19H20FN3O2. The van der Waals surface area contributed by atoms with Gasteiger partial charge in [0.2, 0.25) is 0 Å². The lowest BCUT2D eigenvalue weighted by molar-refractivity contribution is -0.610. The number of benzene rings is 1. The molecule has 0 amide bonds. The largest absolute Gasteiger partial charge is 0.616 e. The van der Waals surface area contributed by atoms with Gasteiger partial charge in [-0.1, -0.05) is 31.4 Å². The van der Waals surface area contributed by atoms with E-state index in [0.717, 1.165) is 25.7 Å². The van der Waals surface area contributed by atoms with Crippen LogP contribution in [0.3, 0.4) is 0 Å². The third-order valence-electron chi connectivity index (χ3n) is 4.96. The van der Waals surface area contributed by atoms with Crippen LogP contribution in [0.2, 0.25) is 0 Å². The number of hydrogen-bond donors (Lipinski definition) is 0. The second-order valence-electron chi connectivity index (χ2n) is 6.46. The van der Waals surface area contributed by atoms with Crippen molar-refractivity contribution in [2.75, 3.05) is 7.11 Å². The highest BCUT2D eigenvalue weighted by atomic mass is 19.1.